The Balaban J connectivity index is 0.00000400. The van der Waals surface area contributed by atoms with Gasteiger partial charge in [-0.3, -0.25) is 9.89 Å². The van der Waals surface area contributed by atoms with Crippen molar-refractivity contribution in [3.05, 3.63) is 24.2 Å². The third kappa shape index (κ3) is 6.69. The zero-order valence-electron chi connectivity index (χ0n) is 13.9. The van der Waals surface area contributed by atoms with Crippen LogP contribution in [0.5, 0.6) is 0 Å². The van der Waals surface area contributed by atoms with Crippen LogP contribution >= 0.6 is 24.0 Å². The van der Waals surface area contributed by atoms with E-state index in [1.165, 1.54) is 0 Å². The van der Waals surface area contributed by atoms with Gasteiger partial charge in [-0.2, -0.15) is 0 Å². The number of guanidine groups is 1. The minimum atomic E-state index is 0. The monoisotopic (exact) mass is 408 g/mol. The van der Waals surface area contributed by atoms with Crippen molar-refractivity contribution in [1.29, 1.82) is 0 Å². The summed E-state index contributed by atoms with van der Waals surface area (Å²) >= 11 is 0. The highest BCUT2D eigenvalue weighted by Crippen LogP contribution is 2.17. The minimum Gasteiger partial charge on any atom is -0.468 e. The topological polar surface area (TPSA) is 52.8 Å². The minimum absolute atomic E-state index is 0. The molecule has 0 bridgehead atoms. The molecule has 122 valence electrons. The predicted molar refractivity (Wildman–Crippen MR) is 99.3 cm³/mol. The zero-order chi connectivity index (χ0) is 15.1. The number of hydrogen-bond donors (Lipinski definition) is 2. The standard InChI is InChI=1S/C15H28N4O.HI/c1-11(2)12(3)18-15(16-4)17-10-13(19(5)6)14-8-7-9-20-14;/h7-9,11-13H,10H2,1-6H3,(H2,16,17,18);1H. The van der Waals surface area contributed by atoms with E-state index >= 15 is 0 Å². The predicted octanol–water partition coefficient (Wildman–Crippen LogP) is 2.71. The van der Waals surface area contributed by atoms with E-state index in [1.807, 2.05) is 26.2 Å². The lowest BCUT2D eigenvalue weighted by Crippen LogP contribution is -2.46. The van der Waals surface area contributed by atoms with E-state index in [0.29, 0.717) is 12.0 Å². The quantitative estimate of drug-likeness (QED) is 0.432. The van der Waals surface area contributed by atoms with Crippen LogP contribution in [0, 0.1) is 5.92 Å². The number of halogens is 1. The van der Waals surface area contributed by atoms with Gasteiger partial charge in [0, 0.05) is 19.6 Å². The molecular weight excluding hydrogens is 379 g/mol. The third-order valence-electron chi connectivity index (χ3n) is 3.55. The number of hydrogen-bond acceptors (Lipinski definition) is 3. The number of rotatable bonds is 6. The van der Waals surface area contributed by atoms with Crippen LogP contribution in [-0.2, 0) is 0 Å². The Bertz CT molecular complexity index is 404. The first-order valence-electron chi connectivity index (χ1n) is 7.12. The van der Waals surface area contributed by atoms with Gasteiger partial charge >= 0.3 is 0 Å². The molecule has 1 aromatic heterocycles. The fourth-order valence-electron chi connectivity index (χ4n) is 1.79. The highest BCUT2D eigenvalue weighted by Gasteiger charge is 2.17. The van der Waals surface area contributed by atoms with Crippen LogP contribution < -0.4 is 10.6 Å². The first-order chi connectivity index (χ1) is 9.45. The van der Waals surface area contributed by atoms with Gasteiger partial charge in [0.1, 0.15) is 5.76 Å². The Labute approximate surface area is 145 Å². The van der Waals surface area contributed by atoms with Crippen LogP contribution in [0.3, 0.4) is 0 Å². The van der Waals surface area contributed by atoms with Gasteiger partial charge in [-0.05, 0) is 39.1 Å². The molecule has 1 aromatic rings. The van der Waals surface area contributed by atoms with Crippen molar-refractivity contribution in [3.8, 4) is 0 Å². The lowest BCUT2D eigenvalue weighted by atomic mass is 10.1. The number of likely N-dealkylation sites (N-methyl/N-ethyl adjacent to an activating group) is 1. The normalized spacial score (nSPS) is 14.8. The molecule has 0 radical (unpaired) electrons. The molecule has 5 nitrogen and oxygen atoms in total. The maximum absolute atomic E-state index is 5.50. The molecule has 0 aliphatic heterocycles. The summed E-state index contributed by atoms with van der Waals surface area (Å²) in [7, 11) is 5.88. The van der Waals surface area contributed by atoms with E-state index in [9.17, 15) is 0 Å². The molecule has 6 heteroatoms. The fourth-order valence-corrected chi connectivity index (χ4v) is 1.79. The largest absolute Gasteiger partial charge is 0.468 e. The van der Waals surface area contributed by atoms with Gasteiger partial charge in [-0.25, -0.2) is 0 Å². The molecule has 0 saturated heterocycles. The number of nitrogens with one attached hydrogen (secondary N) is 2. The van der Waals surface area contributed by atoms with Gasteiger partial charge in [-0.1, -0.05) is 13.8 Å². The summed E-state index contributed by atoms with van der Waals surface area (Å²) in [6.45, 7) is 7.28. The molecule has 0 aromatic carbocycles. The molecule has 0 spiro atoms. The summed E-state index contributed by atoms with van der Waals surface area (Å²) in [6, 6.07) is 4.47. The van der Waals surface area contributed by atoms with Crippen molar-refractivity contribution in [2.45, 2.75) is 32.9 Å². The highest BCUT2D eigenvalue weighted by atomic mass is 127. The molecular formula is C15H29IN4O. The van der Waals surface area contributed by atoms with Crippen LogP contribution in [0.2, 0.25) is 0 Å². The Hall–Kier alpha value is -0.760. The first-order valence-corrected chi connectivity index (χ1v) is 7.12. The van der Waals surface area contributed by atoms with Crippen LogP contribution in [0.4, 0.5) is 0 Å². The SMILES string of the molecule is CN=C(NCC(c1ccco1)N(C)C)NC(C)C(C)C.I. The summed E-state index contributed by atoms with van der Waals surface area (Å²) in [6.07, 6.45) is 1.71. The molecule has 2 N–H and O–H groups in total. The van der Waals surface area contributed by atoms with E-state index in [1.54, 1.807) is 13.3 Å². The highest BCUT2D eigenvalue weighted by molar-refractivity contribution is 14.0. The van der Waals surface area contributed by atoms with E-state index in [4.69, 9.17) is 4.42 Å². The van der Waals surface area contributed by atoms with Gasteiger partial charge in [0.15, 0.2) is 5.96 Å². The number of nitrogens with zero attached hydrogens (tertiary/aromatic N) is 2. The summed E-state index contributed by atoms with van der Waals surface area (Å²) in [5.74, 6) is 2.34. The Kier molecular flexibility index (Phi) is 9.68. The van der Waals surface area contributed by atoms with Gasteiger partial charge in [0.25, 0.3) is 0 Å². The second kappa shape index (κ2) is 10.0. The molecule has 1 heterocycles. The lowest BCUT2D eigenvalue weighted by molar-refractivity contribution is 0.257. The number of aliphatic imine (C=N–C) groups is 1. The van der Waals surface area contributed by atoms with E-state index in [-0.39, 0.29) is 30.0 Å². The molecule has 0 aliphatic carbocycles. The maximum Gasteiger partial charge on any atom is 0.191 e. The fraction of sp³-hybridized carbons (Fsp3) is 0.667. The van der Waals surface area contributed by atoms with E-state index in [2.05, 4.69) is 41.3 Å². The first kappa shape index (κ1) is 20.2. The van der Waals surface area contributed by atoms with Crippen molar-refractivity contribution in [3.63, 3.8) is 0 Å². The summed E-state index contributed by atoms with van der Waals surface area (Å²) in [5, 5.41) is 6.76. The van der Waals surface area contributed by atoms with Gasteiger partial charge in [0.2, 0.25) is 0 Å². The Morgan fingerprint density at radius 3 is 2.43 bits per heavy atom. The molecule has 21 heavy (non-hydrogen) atoms. The molecule has 1 rings (SSSR count). The second-order valence-electron chi connectivity index (χ2n) is 5.62. The Morgan fingerprint density at radius 1 is 1.33 bits per heavy atom. The average Bonchev–Trinajstić information content (AvgIpc) is 2.90. The summed E-state index contributed by atoms with van der Waals surface area (Å²) < 4.78 is 5.50. The lowest BCUT2D eigenvalue weighted by Gasteiger charge is -2.25. The smallest absolute Gasteiger partial charge is 0.191 e. The zero-order valence-corrected chi connectivity index (χ0v) is 16.2. The van der Waals surface area contributed by atoms with Crippen molar-refractivity contribution in [2.75, 3.05) is 27.7 Å². The van der Waals surface area contributed by atoms with Gasteiger partial charge < -0.3 is 15.1 Å². The van der Waals surface area contributed by atoms with Crippen molar-refractivity contribution in [2.24, 2.45) is 10.9 Å². The Morgan fingerprint density at radius 2 is 2.00 bits per heavy atom. The maximum atomic E-state index is 5.50. The van der Waals surface area contributed by atoms with Crippen molar-refractivity contribution < 1.29 is 4.42 Å². The molecule has 0 saturated carbocycles. The molecule has 0 amide bonds. The number of furan rings is 1. The molecule has 0 aliphatic rings. The van der Waals surface area contributed by atoms with E-state index < -0.39 is 0 Å². The van der Waals surface area contributed by atoms with Crippen molar-refractivity contribution in [1.82, 2.24) is 15.5 Å². The molecule has 2 atom stereocenters. The summed E-state index contributed by atoms with van der Waals surface area (Å²) in [5.41, 5.74) is 0. The van der Waals surface area contributed by atoms with E-state index in [0.717, 1.165) is 18.3 Å². The molecule has 0 fully saturated rings. The third-order valence-corrected chi connectivity index (χ3v) is 3.55. The van der Waals surface area contributed by atoms with Crippen LogP contribution in [0.25, 0.3) is 0 Å². The van der Waals surface area contributed by atoms with Crippen LogP contribution in [0.1, 0.15) is 32.6 Å². The van der Waals surface area contributed by atoms with Gasteiger partial charge in [-0.15, -0.1) is 24.0 Å². The van der Waals surface area contributed by atoms with Gasteiger partial charge in [0.05, 0.1) is 12.3 Å². The average molecular weight is 408 g/mol. The van der Waals surface area contributed by atoms with Crippen LogP contribution in [-0.4, -0.2) is 44.6 Å². The van der Waals surface area contributed by atoms with Crippen molar-refractivity contribution >= 4 is 29.9 Å². The second-order valence-corrected chi connectivity index (χ2v) is 5.62. The molecule has 2 unspecified atom stereocenters. The summed E-state index contributed by atoms with van der Waals surface area (Å²) in [4.78, 5) is 6.40. The van der Waals surface area contributed by atoms with Crippen LogP contribution in [0.15, 0.2) is 27.8 Å².